The molecular formula is C17H15N3O3S. The van der Waals surface area contributed by atoms with Crippen molar-refractivity contribution in [2.24, 2.45) is 0 Å². The van der Waals surface area contributed by atoms with Crippen LogP contribution in [0.1, 0.15) is 0 Å². The molecule has 0 unspecified atom stereocenters. The van der Waals surface area contributed by atoms with Crippen molar-refractivity contribution >= 4 is 34.4 Å². The predicted molar refractivity (Wildman–Crippen MR) is 92.9 cm³/mol. The molecule has 0 radical (unpaired) electrons. The van der Waals surface area contributed by atoms with Gasteiger partial charge in [-0.05, 0) is 24.3 Å². The number of aromatic amines is 1. The van der Waals surface area contributed by atoms with Crippen LogP contribution in [0, 0.1) is 0 Å². The summed E-state index contributed by atoms with van der Waals surface area (Å²) in [5.41, 5.74) is 2.48. The fraction of sp³-hybridized carbons (Fsp3) is 0.176. The number of imidazole rings is 1. The van der Waals surface area contributed by atoms with E-state index in [1.54, 1.807) is 6.07 Å². The van der Waals surface area contributed by atoms with Gasteiger partial charge in [-0.1, -0.05) is 30.0 Å². The number of thioether (sulfide) groups is 1. The molecule has 2 N–H and O–H groups in total. The molecular weight excluding hydrogens is 326 g/mol. The van der Waals surface area contributed by atoms with Crippen LogP contribution in [-0.2, 0) is 4.79 Å². The van der Waals surface area contributed by atoms with Crippen molar-refractivity contribution in [2.75, 3.05) is 24.3 Å². The van der Waals surface area contributed by atoms with Gasteiger partial charge in [-0.25, -0.2) is 4.98 Å². The van der Waals surface area contributed by atoms with E-state index in [-0.39, 0.29) is 11.7 Å². The van der Waals surface area contributed by atoms with Gasteiger partial charge in [0.25, 0.3) is 0 Å². The second kappa shape index (κ2) is 6.45. The maximum Gasteiger partial charge on any atom is 0.234 e. The molecule has 0 aliphatic carbocycles. The molecule has 0 spiro atoms. The molecule has 4 rings (SSSR count). The molecule has 1 aliphatic heterocycles. The molecule has 1 aromatic heterocycles. The summed E-state index contributed by atoms with van der Waals surface area (Å²) in [6.45, 7) is 1.000. The number of ether oxygens (including phenoxy) is 2. The molecule has 6 nitrogen and oxygen atoms in total. The first kappa shape index (κ1) is 14.9. The van der Waals surface area contributed by atoms with E-state index in [0.717, 1.165) is 16.2 Å². The summed E-state index contributed by atoms with van der Waals surface area (Å²) in [6, 6.07) is 13.2. The standard InChI is InChI=1S/C17H15N3O3S/c21-15(10-24-17-19-11-4-1-2-5-12(11)20-17)18-13-6-3-7-14-16(13)23-9-8-22-14/h1-7H,8-10H2,(H,18,21)(H,19,20). The SMILES string of the molecule is O=C(CSc1nc2ccccc2[nH]1)Nc1cccc2c1OCCO2. The number of hydrogen-bond donors (Lipinski definition) is 2. The maximum atomic E-state index is 12.2. The van der Waals surface area contributed by atoms with Gasteiger partial charge in [0.05, 0.1) is 22.5 Å². The van der Waals surface area contributed by atoms with Gasteiger partial charge < -0.3 is 19.8 Å². The average Bonchev–Trinajstić information content (AvgIpc) is 3.03. The molecule has 1 aliphatic rings. The lowest BCUT2D eigenvalue weighted by Crippen LogP contribution is -2.19. The number of fused-ring (bicyclic) bond motifs is 2. The van der Waals surface area contributed by atoms with Crippen LogP contribution in [0.5, 0.6) is 11.5 Å². The molecule has 2 heterocycles. The summed E-state index contributed by atoms with van der Waals surface area (Å²) >= 11 is 1.36. The number of carbonyl (C=O) groups is 1. The van der Waals surface area contributed by atoms with Crippen molar-refractivity contribution in [1.29, 1.82) is 0 Å². The monoisotopic (exact) mass is 341 g/mol. The van der Waals surface area contributed by atoms with E-state index >= 15 is 0 Å². The molecule has 24 heavy (non-hydrogen) atoms. The third-order valence-electron chi connectivity index (χ3n) is 3.55. The highest BCUT2D eigenvalue weighted by Crippen LogP contribution is 2.37. The Hall–Kier alpha value is -2.67. The molecule has 3 aromatic rings. The van der Waals surface area contributed by atoms with E-state index in [1.165, 1.54) is 11.8 Å². The second-order valence-electron chi connectivity index (χ2n) is 5.23. The highest BCUT2D eigenvalue weighted by Gasteiger charge is 2.17. The van der Waals surface area contributed by atoms with E-state index in [2.05, 4.69) is 15.3 Å². The molecule has 1 amide bonds. The Morgan fingerprint density at radius 1 is 1.17 bits per heavy atom. The zero-order valence-corrected chi connectivity index (χ0v) is 13.6. The number of aromatic nitrogens is 2. The molecule has 7 heteroatoms. The smallest absolute Gasteiger partial charge is 0.234 e. The zero-order valence-electron chi connectivity index (χ0n) is 12.7. The van der Waals surface area contributed by atoms with E-state index < -0.39 is 0 Å². The summed E-state index contributed by atoms with van der Waals surface area (Å²) in [7, 11) is 0. The number of H-pyrrole nitrogens is 1. The lowest BCUT2D eigenvalue weighted by molar-refractivity contribution is -0.113. The van der Waals surface area contributed by atoms with Crippen LogP contribution in [0.15, 0.2) is 47.6 Å². The lowest BCUT2D eigenvalue weighted by Gasteiger charge is -2.20. The van der Waals surface area contributed by atoms with Crippen molar-refractivity contribution < 1.29 is 14.3 Å². The molecule has 122 valence electrons. The Morgan fingerprint density at radius 2 is 2.04 bits per heavy atom. The minimum Gasteiger partial charge on any atom is -0.486 e. The van der Waals surface area contributed by atoms with Gasteiger partial charge in [-0.3, -0.25) is 4.79 Å². The topological polar surface area (TPSA) is 76.2 Å². The first-order chi connectivity index (χ1) is 11.8. The fourth-order valence-electron chi connectivity index (χ4n) is 2.49. The number of para-hydroxylation sites is 3. The van der Waals surface area contributed by atoms with Crippen molar-refractivity contribution in [1.82, 2.24) is 9.97 Å². The Kier molecular flexibility index (Phi) is 4.00. The van der Waals surface area contributed by atoms with Gasteiger partial charge in [0.15, 0.2) is 16.7 Å². The molecule has 0 saturated carbocycles. The van der Waals surface area contributed by atoms with E-state index in [1.807, 2.05) is 36.4 Å². The summed E-state index contributed by atoms with van der Waals surface area (Å²) in [5, 5.41) is 3.59. The van der Waals surface area contributed by atoms with Crippen LogP contribution in [0.3, 0.4) is 0 Å². The van der Waals surface area contributed by atoms with Crippen LogP contribution >= 0.6 is 11.8 Å². The molecule has 2 aromatic carbocycles. The number of rotatable bonds is 4. The van der Waals surface area contributed by atoms with Crippen LogP contribution in [0.4, 0.5) is 5.69 Å². The Morgan fingerprint density at radius 3 is 2.96 bits per heavy atom. The Labute approximate surface area is 142 Å². The van der Waals surface area contributed by atoms with Crippen molar-refractivity contribution in [3.63, 3.8) is 0 Å². The van der Waals surface area contributed by atoms with E-state index in [0.29, 0.717) is 30.4 Å². The normalized spacial score (nSPS) is 13.0. The van der Waals surface area contributed by atoms with Crippen LogP contribution in [0.2, 0.25) is 0 Å². The van der Waals surface area contributed by atoms with Gasteiger partial charge in [0.1, 0.15) is 13.2 Å². The van der Waals surface area contributed by atoms with E-state index in [9.17, 15) is 4.79 Å². The zero-order chi connectivity index (χ0) is 16.4. The first-order valence-electron chi connectivity index (χ1n) is 7.55. The van der Waals surface area contributed by atoms with Gasteiger partial charge in [-0.2, -0.15) is 0 Å². The third kappa shape index (κ3) is 3.03. The number of anilines is 1. The average molecular weight is 341 g/mol. The number of nitrogens with zero attached hydrogens (tertiary/aromatic N) is 1. The third-order valence-corrected chi connectivity index (χ3v) is 4.42. The quantitative estimate of drug-likeness (QED) is 0.713. The summed E-state index contributed by atoms with van der Waals surface area (Å²) in [5.74, 6) is 1.38. The van der Waals surface area contributed by atoms with E-state index in [4.69, 9.17) is 9.47 Å². The second-order valence-corrected chi connectivity index (χ2v) is 6.19. The number of amides is 1. The van der Waals surface area contributed by atoms with Gasteiger partial charge in [0, 0.05) is 0 Å². The summed E-state index contributed by atoms with van der Waals surface area (Å²) < 4.78 is 11.1. The molecule has 0 fully saturated rings. The Balaban J connectivity index is 1.42. The van der Waals surface area contributed by atoms with Crippen molar-refractivity contribution in [3.8, 4) is 11.5 Å². The van der Waals surface area contributed by atoms with Crippen LogP contribution < -0.4 is 14.8 Å². The highest BCUT2D eigenvalue weighted by molar-refractivity contribution is 7.99. The lowest BCUT2D eigenvalue weighted by atomic mass is 10.2. The molecule has 0 saturated heterocycles. The predicted octanol–water partition coefficient (Wildman–Crippen LogP) is 3.06. The van der Waals surface area contributed by atoms with Crippen LogP contribution in [-0.4, -0.2) is 34.8 Å². The van der Waals surface area contributed by atoms with Crippen LogP contribution in [0.25, 0.3) is 11.0 Å². The molecule has 0 bridgehead atoms. The highest BCUT2D eigenvalue weighted by atomic mass is 32.2. The first-order valence-corrected chi connectivity index (χ1v) is 8.54. The minimum atomic E-state index is -0.122. The molecule has 0 atom stereocenters. The van der Waals surface area contributed by atoms with Crippen molar-refractivity contribution in [3.05, 3.63) is 42.5 Å². The summed E-state index contributed by atoms with van der Waals surface area (Å²) in [6.07, 6.45) is 0. The summed E-state index contributed by atoms with van der Waals surface area (Å²) in [4.78, 5) is 19.9. The van der Waals surface area contributed by atoms with Gasteiger partial charge in [0.2, 0.25) is 5.91 Å². The van der Waals surface area contributed by atoms with Gasteiger partial charge in [-0.15, -0.1) is 0 Å². The largest absolute Gasteiger partial charge is 0.486 e. The number of carbonyl (C=O) groups excluding carboxylic acids is 1. The fourth-order valence-corrected chi connectivity index (χ4v) is 3.18. The number of nitrogens with one attached hydrogen (secondary N) is 2. The van der Waals surface area contributed by atoms with Gasteiger partial charge >= 0.3 is 0 Å². The Bertz CT molecular complexity index is 861. The maximum absolute atomic E-state index is 12.2. The minimum absolute atomic E-state index is 0.122. The van der Waals surface area contributed by atoms with Crippen molar-refractivity contribution in [2.45, 2.75) is 5.16 Å². The number of benzene rings is 2. The number of hydrogen-bond acceptors (Lipinski definition) is 5.